The lowest BCUT2D eigenvalue weighted by atomic mass is 9.96. The minimum absolute atomic E-state index is 0.0657. The first-order chi connectivity index (χ1) is 9.45. The molecule has 1 amide bonds. The molecule has 20 heavy (non-hydrogen) atoms. The van der Waals surface area contributed by atoms with Crippen LogP contribution in [-0.2, 0) is 0 Å². The Kier molecular flexibility index (Phi) is 4.78. The van der Waals surface area contributed by atoms with Crippen molar-refractivity contribution >= 4 is 17.2 Å². The third kappa shape index (κ3) is 3.37. The first-order valence-corrected chi connectivity index (χ1v) is 7.91. The summed E-state index contributed by atoms with van der Waals surface area (Å²) < 4.78 is 0. The van der Waals surface area contributed by atoms with Crippen LogP contribution in [0.4, 0.5) is 0 Å². The smallest absolute Gasteiger partial charge is 0.282 e. The molecule has 0 spiro atoms. The third-order valence-corrected chi connectivity index (χ3v) is 4.64. The Bertz CT molecular complexity index is 475. The van der Waals surface area contributed by atoms with Crippen LogP contribution >= 0.6 is 11.3 Å². The molecular formula is C14H22N2O3S. The first-order valence-electron chi connectivity index (χ1n) is 7.03. The zero-order valence-electron chi connectivity index (χ0n) is 12.0. The van der Waals surface area contributed by atoms with Crippen molar-refractivity contribution in [3.63, 3.8) is 0 Å². The van der Waals surface area contributed by atoms with Gasteiger partial charge < -0.3 is 15.1 Å². The van der Waals surface area contributed by atoms with Crippen molar-refractivity contribution < 1.29 is 15.0 Å². The summed E-state index contributed by atoms with van der Waals surface area (Å²) in [4.78, 5) is 18.5. The molecule has 0 radical (unpaired) electrons. The zero-order chi connectivity index (χ0) is 14.8. The van der Waals surface area contributed by atoms with E-state index in [1.54, 1.807) is 4.90 Å². The van der Waals surface area contributed by atoms with E-state index >= 15 is 0 Å². The first kappa shape index (κ1) is 15.4. The van der Waals surface area contributed by atoms with Crippen molar-refractivity contribution in [2.75, 3.05) is 19.7 Å². The molecule has 1 aromatic heterocycles. The van der Waals surface area contributed by atoms with Gasteiger partial charge in [0.15, 0.2) is 5.01 Å². The van der Waals surface area contributed by atoms with Crippen molar-refractivity contribution in [1.82, 2.24) is 9.88 Å². The van der Waals surface area contributed by atoms with Crippen LogP contribution in [0.3, 0.4) is 0 Å². The molecule has 1 fully saturated rings. The van der Waals surface area contributed by atoms with Crippen molar-refractivity contribution in [3.8, 4) is 0 Å². The number of hydrogen-bond donors (Lipinski definition) is 2. The predicted molar refractivity (Wildman–Crippen MR) is 78.0 cm³/mol. The summed E-state index contributed by atoms with van der Waals surface area (Å²) in [5, 5.41) is 21.8. The standard InChI is InChI=1S/C14H22N2O3S/c1-10(2)11-8-20-12(15-11)13(18)16-6-3-4-14(19,9-17)5-7-16/h8,10,17,19H,3-7,9H2,1-2H3/t14-/m1/s1. The van der Waals surface area contributed by atoms with Gasteiger partial charge in [-0.3, -0.25) is 4.79 Å². The molecule has 1 saturated heterocycles. The van der Waals surface area contributed by atoms with Crippen molar-refractivity contribution in [1.29, 1.82) is 0 Å². The summed E-state index contributed by atoms with van der Waals surface area (Å²) in [6.45, 7) is 4.93. The molecule has 0 aromatic carbocycles. The van der Waals surface area contributed by atoms with Crippen LogP contribution in [0.1, 0.15) is 54.5 Å². The fourth-order valence-electron chi connectivity index (χ4n) is 2.32. The summed E-state index contributed by atoms with van der Waals surface area (Å²) >= 11 is 1.38. The molecule has 6 heteroatoms. The Morgan fingerprint density at radius 2 is 2.25 bits per heavy atom. The van der Waals surface area contributed by atoms with Crippen molar-refractivity contribution in [2.24, 2.45) is 0 Å². The highest BCUT2D eigenvalue weighted by Gasteiger charge is 2.31. The highest BCUT2D eigenvalue weighted by molar-refractivity contribution is 7.11. The highest BCUT2D eigenvalue weighted by atomic mass is 32.1. The second-order valence-electron chi connectivity index (χ2n) is 5.76. The summed E-state index contributed by atoms with van der Waals surface area (Å²) in [7, 11) is 0. The van der Waals surface area contributed by atoms with Gasteiger partial charge in [0.1, 0.15) is 0 Å². The Morgan fingerprint density at radius 1 is 1.50 bits per heavy atom. The number of carbonyl (C=O) groups excluding carboxylic acids is 1. The van der Waals surface area contributed by atoms with E-state index in [0.717, 1.165) is 5.69 Å². The lowest BCUT2D eigenvalue weighted by Gasteiger charge is -2.24. The molecule has 5 nitrogen and oxygen atoms in total. The fraction of sp³-hybridized carbons (Fsp3) is 0.714. The monoisotopic (exact) mass is 298 g/mol. The van der Waals surface area contributed by atoms with Crippen molar-refractivity contribution in [3.05, 3.63) is 16.1 Å². The summed E-state index contributed by atoms with van der Waals surface area (Å²) in [6.07, 6.45) is 1.64. The Labute approximate surface area is 123 Å². The molecule has 0 bridgehead atoms. The van der Waals surface area contributed by atoms with Gasteiger partial charge in [-0.15, -0.1) is 11.3 Å². The normalized spacial score (nSPS) is 23.9. The topological polar surface area (TPSA) is 73.7 Å². The van der Waals surface area contributed by atoms with E-state index in [1.165, 1.54) is 11.3 Å². The number of nitrogens with zero attached hydrogens (tertiary/aromatic N) is 2. The number of carbonyl (C=O) groups is 1. The number of aliphatic hydroxyl groups excluding tert-OH is 1. The lowest BCUT2D eigenvalue weighted by molar-refractivity contribution is -0.0250. The van der Waals surface area contributed by atoms with Gasteiger partial charge in [-0.1, -0.05) is 13.8 Å². The van der Waals surface area contributed by atoms with Gasteiger partial charge in [0.05, 0.1) is 17.9 Å². The number of aliphatic hydroxyl groups is 2. The van der Waals surface area contributed by atoms with Crippen LogP contribution in [0, 0.1) is 0 Å². The molecule has 2 heterocycles. The Hall–Kier alpha value is -0.980. The summed E-state index contributed by atoms with van der Waals surface area (Å²) in [6, 6.07) is 0. The fourth-order valence-corrected chi connectivity index (χ4v) is 3.27. The highest BCUT2D eigenvalue weighted by Crippen LogP contribution is 2.24. The molecule has 1 aliphatic heterocycles. The Morgan fingerprint density at radius 3 is 2.85 bits per heavy atom. The van der Waals surface area contributed by atoms with Gasteiger partial charge >= 0.3 is 0 Å². The average Bonchev–Trinajstić information content (AvgIpc) is 2.83. The van der Waals surface area contributed by atoms with Gasteiger partial charge in [0, 0.05) is 18.5 Å². The van der Waals surface area contributed by atoms with Crippen LogP contribution in [0.15, 0.2) is 5.38 Å². The van der Waals surface area contributed by atoms with Gasteiger partial charge in [0.25, 0.3) is 5.91 Å². The molecular weight excluding hydrogens is 276 g/mol. The summed E-state index contributed by atoms with van der Waals surface area (Å²) in [5.74, 6) is 0.250. The van der Waals surface area contributed by atoms with E-state index in [9.17, 15) is 15.0 Å². The minimum atomic E-state index is -1.04. The van der Waals surface area contributed by atoms with Gasteiger partial charge in [-0.2, -0.15) is 0 Å². The van der Waals surface area contributed by atoms with E-state index in [0.29, 0.717) is 43.3 Å². The molecule has 1 atom stereocenters. The number of thiazole rings is 1. The second kappa shape index (κ2) is 6.20. The largest absolute Gasteiger partial charge is 0.393 e. The maximum Gasteiger partial charge on any atom is 0.282 e. The summed E-state index contributed by atoms with van der Waals surface area (Å²) in [5.41, 5.74) is -0.0962. The number of amides is 1. The van der Waals surface area contributed by atoms with E-state index < -0.39 is 5.60 Å². The number of likely N-dealkylation sites (tertiary alicyclic amines) is 1. The van der Waals surface area contributed by atoms with Crippen LogP contribution in [0.2, 0.25) is 0 Å². The SMILES string of the molecule is CC(C)c1csc(C(=O)N2CCC[C@](O)(CO)CC2)n1. The van der Waals surface area contributed by atoms with E-state index in [4.69, 9.17) is 0 Å². The quantitative estimate of drug-likeness (QED) is 0.889. The molecule has 2 rings (SSSR count). The molecule has 2 N–H and O–H groups in total. The molecule has 112 valence electrons. The van der Waals surface area contributed by atoms with E-state index in [1.807, 2.05) is 5.38 Å². The molecule has 0 aliphatic carbocycles. The van der Waals surface area contributed by atoms with Gasteiger partial charge in [0.2, 0.25) is 0 Å². The second-order valence-corrected chi connectivity index (χ2v) is 6.62. The van der Waals surface area contributed by atoms with E-state index in [-0.39, 0.29) is 12.5 Å². The van der Waals surface area contributed by atoms with Crippen LogP contribution in [-0.4, -0.2) is 51.3 Å². The number of aromatic nitrogens is 1. The predicted octanol–water partition coefficient (Wildman–Crippen LogP) is 1.62. The van der Waals surface area contributed by atoms with Crippen LogP contribution in [0.25, 0.3) is 0 Å². The molecule has 1 aliphatic rings. The van der Waals surface area contributed by atoms with Gasteiger partial charge in [-0.05, 0) is 25.2 Å². The minimum Gasteiger partial charge on any atom is -0.393 e. The molecule has 0 unspecified atom stereocenters. The maximum atomic E-state index is 12.4. The van der Waals surface area contributed by atoms with E-state index in [2.05, 4.69) is 18.8 Å². The average molecular weight is 298 g/mol. The van der Waals surface area contributed by atoms with Gasteiger partial charge in [-0.25, -0.2) is 4.98 Å². The molecule has 1 aromatic rings. The van der Waals surface area contributed by atoms with Crippen molar-refractivity contribution in [2.45, 2.75) is 44.6 Å². The maximum absolute atomic E-state index is 12.4. The lowest BCUT2D eigenvalue weighted by Crippen LogP contribution is -2.36. The van der Waals surface area contributed by atoms with Crippen LogP contribution < -0.4 is 0 Å². The van der Waals surface area contributed by atoms with Crippen LogP contribution in [0.5, 0.6) is 0 Å². The third-order valence-electron chi connectivity index (χ3n) is 3.80. The molecule has 0 saturated carbocycles. The number of hydrogen-bond acceptors (Lipinski definition) is 5. The zero-order valence-corrected chi connectivity index (χ0v) is 12.8. The Balaban J connectivity index is 2.05. The number of rotatable bonds is 3.